The summed E-state index contributed by atoms with van der Waals surface area (Å²) in [5, 5.41) is 15.4. The first kappa shape index (κ1) is 24.4. The molecule has 0 aromatic heterocycles. The summed E-state index contributed by atoms with van der Waals surface area (Å²) < 4.78 is 10.2. The first-order chi connectivity index (χ1) is 15.8. The van der Waals surface area contributed by atoms with Gasteiger partial charge in [-0.2, -0.15) is 0 Å². The van der Waals surface area contributed by atoms with Crippen LogP contribution in [-0.4, -0.2) is 61.4 Å². The van der Waals surface area contributed by atoms with Crippen molar-refractivity contribution in [3.05, 3.63) is 59.7 Å². The number of hydrogen-bond acceptors (Lipinski definition) is 7. The highest BCUT2D eigenvalue weighted by molar-refractivity contribution is 5.82. The number of benzene rings is 2. The zero-order valence-corrected chi connectivity index (χ0v) is 19.0. The van der Waals surface area contributed by atoms with E-state index in [0.717, 1.165) is 22.3 Å². The van der Waals surface area contributed by atoms with Crippen LogP contribution in [-0.2, 0) is 19.1 Å². The summed E-state index contributed by atoms with van der Waals surface area (Å²) in [6.45, 7) is 3.07. The lowest BCUT2D eigenvalue weighted by Gasteiger charge is -2.23. The normalized spacial score (nSPS) is 15.0. The van der Waals surface area contributed by atoms with Gasteiger partial charge in [0, 0.05) is 12.5 Å². The number of carbonyl (C=O) groups is 3. The molecule has 8 heteroatoms. The molecule has 1 amide bonds. The fourth-order valence-corrected chi connectivity index (χ4v) is 4.19. The lowest BCUT2D eigenvalue weighted by Crippen LogP contribution is -2.51. The predicted octanol–water partition coefficient (Wildman–Crippen LogP) is 2.38. The molecule has 0 bridgehead atoms. The number of Topliss-reactive ketones (excluding diaryl/α,β-unsaturated/α-hetero) is 1. The highest BCUT2D eigenvalue weighted by atomic mass is 16.5. The summed E-state index contributed by atoms with van der Waals surface area (Å²) in [5.74, 6) is -0.849. The molecule has 3 rings (SSSR count). The number of aliphatic hydroxyl groups is 1. The van der Waals surface area contributed by atoms with Gasteiger partial charge >= 0.3 is 12.1 Å². The van der Waals surface area contributed by atoms with Crippen molar-refractivity contribution in [2.75, 3.05) is 20.3 Å². The Morgan fingerprint density at radius 2 is 1.61 bits per heavy atom. The summed E-state index contributed by atoms with van der Waals surface area (Å²) in [6, 6.07) is 14.6. The Morgan fingerprint density at radius 1 is 1.03 bits per heavy atom. The first-order valence-electron chi connectivity index (χ1n) is 10.9. The van der Waals surface area contributed by atoms with Gasteiger partial charge in [-0.05, 0) is 36.1 Å². The molecular formula is C25H30N2O6. The van der Waals surface area contributed by atoms with Crippen LogP contribution in [0.3, 0.4) is 0 Å². The minimum atomic E-state index is -0.921. The molecule has 0 heterocycles. The molecule has 3 N–H and O–H groups in total. The Labute approximate surface area is 193 Å². The quantitative estimate of drug-likeness (QED) is 0.472. The van der Waals surface area contributed by atoms with Crippen LogP contribution in [0.25, 0.3) is 11.1 Å². The zero-order valence-electron chi connectivity index (χ0n) is 19.0. The molecule has 2 aromatic carbocycles. The van der Waals surface area contributed by atoms with E-state index in [-0.39, 0.29) is 31.3 Å². The van der Waals surface area contributed by atoms with Crippen molar-refractivity contribution < 1.29 is 29.0 Å². The van der Waals surface area contributed by atoms with E-state index in [4.69, 9.17) is 9.47 Å². The average molecular weight is 455 g/mol. The summed E-state index contributed by atoms with van der Waals surface area (Å²) in [7, 11) is 1.26. The van der Waals surface area contributed by atoms with Gasteiger partial charge in [-0.1, -0.05) is 48.5 Å². The molecule has 3 atom stereocenters. The van der Waals surface area contributed by atoms with Crippen LogP contribution in [0, 0.1) is 0 Å². The molecule has 176 valence electrons. The van der Waals surface area contributed by atoms with Crippen LogP contribution in [0.2, 0.25) is 0 Å². The van der Waals surface area contributed by atoms with E-state index in [2.05, 4.69) is 22.8 Å². The lowest BCUT2D eigenvalue weighted by atomic mass is 9.98. The van der Waals surface area contributed by atoms with E-state index >= 15 is 0 Å². The molecule has 0 aliphatic heterocycles. The van der Waals surface area contributed by atoms with Crippen LogP contribution in [0.15, 0.2) is 48.5 Å². The van der Waals surface area contributed by atoms with Crippen LogP contribution in [0.1, 0.15) is 37.3 Å². The molecule has 0 saturated carbocycles. The maximum Gasteiger partial charge on any atom is 0.407 e. The van der Waals surface area contributed by atoms with Crippen LogP contribution in [0.4, 0.5) is 4.79 Å². The molecule has 0 fully saturated rings. The van der Waals surface area contributed by atoms with Crippen LogP contribution in [0.5, 0.6) is 0 Å². The van der Waals surface area contributed by atoms with Crippen molar-refractivity contribution in [3.63, 3.8) is 0 Å². The number of ether oxygens (including phenoxy) is 2. The van der Waals surface area contributed by atoms with Gasteiger partial charge < -0.3 is 25.2 Å². The summed E-state index contributed by atoms with van der Waals surface area (Å²) >= 11 is 0. The second-order valence-electron chi connectivity index (χ2n) is 8.18. The second kappa shape index (κ2) is 11.1. The third-order valence-corrected chi connectivity index (χ3v) is 5.81. The van der Waals surface area contributed by atoms with Gasteiger partial charge in [0.1, 0.15) is 12.4 Å². The Kier molecular flexibility index (Phi) is 8.19. The van der Waals surface area contributed by atoms with E-state index in [1.165, 1.54) is 21.0 Å². The van der Waals surface area contributed by atoms with Gasteiger partial charge in [0.15, 0.2) is 0 Å². The van der Waals surface area contributed by atoms with Crippen LogP contribution >= 0.6 is 0 Å². The van der Waals surface area contributed by atoms with Gasteiger partial charge in [-0.3, -0.25) is 9.59 Å². The molecule has 1 aliphatic rings. The SMILES string of the molecule is COC(=O)C[C@@H](CN[C@H](C(C)=O)C(C)O)NC(=O)OCC1c2ccccc2-c2ccccc21. The second-order valence-corrected chi connectivity index (χ2v) is 8.18. The molecule has 1 aliphatic carbocycles. The van der Waals surface area contributed by atoms with E-state index in [1.807, 2.05) is 36.4 Å². The Hall–Kier alpha value is -3.23. The molecule has 0 radical (unpaired) electrons. The van der Waals surface area contributed by atoms with E-state index in [9.17, 15) is 19.5 Å². The number of methoxy groups -OCH3 is 1. The lowest BCUT2D eigenvalue weighted by molar-refractivity contribution is -0.141. The predicted molar refractivity (Wildman–Crippen MR) is 123 cm³/mol. The number of fused-ring (bicyclic) bond motifs is 3. The topological polar surface area (TPSA) is 114 Å². The smallest absolute Gasteiger partial charge is 0.407 e. The molecule has 1 unspecified atom stereocenters. The molecule has 0 spiro atoms. The van der Waals surface area contributed by atoms with Crippen molar-refractivity contribution in [2.45, 2.75) is 44.4 Å². The maximum atomic E-state index is 12.6. The van der Waals surface area contributed by atoms with Gasteiger partial charge in [0.25, 0.3) is 0 Å². The van der Waals surface area contributed by atoms with Crippen molar-refractivity contribution in [1.29, 1.82) is 0 Å². The van der Waals surface area contributed by atoms with Crippen molar-refractivity contribution in [1.82, 2.24) is 10.6 Å². The number of ketones is 1. The maximum absolute atomic E-state index is 12.6. The monoisotopic (exact) mass is 454 g/mol. The largest absolute Gasteiger partial charge is 0.469 e. The van der Waals surface area contributed by atoms with Gasteiger partial charge in [-0.15, -0.1) is 0 Å². The minimum absolute atomic E-state index is 0.0778. The number of hydrogen-bond donors (Lipinski definition) is 3. The third-order valence-electron chi connectivity index (χ3n) is 5.81. The summed E-state index contributed by atoms with van der Waals surface area (Å²) in [5.41, 5.74) is 4.45. The molecule has 0 saturated heterocycles. The van der Waals surface area contributed by atoms with Crippen LogP contribution < -0.4 is 10.6 Å². The summed E-state index contributed by atoms with van der Waals surface area (Å²) in [6.07, 6.45) is -1.71. The van der Waals surface area contributed by atoms with E-state index in [0.29, 0.717) is 0 Å². The summed E-state index contributed by atoms with van der Waals surface area (Å²) in [4.78, 5) is 36.1. The van der Waals surface area contributed by atoms with Crippen molar-refractivity contribution in [2.24, 2.45) is 0 Å². The number of alkyl carbamates (subject to hydrolysis) is 1. The number of amides is 1. The molecule has 2 aromatic rings. The number of esters is 1. The Balaban J connectivity index is 1.64. The molecule has 8 nitrogen and oxygen atoms in total. The fourth-order valence-electron chi connectivity index (χ4n) is 4.19. The van der Waals surface area contributed by atoms with E-state index in [1.54, 1.807) is 0 Å². The number of nitrogens with one attached hydrogen (secondary N) is 2. The van der Waals surface area contributed by atoms with Gasteiger partial charge in [-0.25, -0.2) is 4.79 Å². The molecule has 33 heavy (non-hydrogen) atoms. The first-order valence-corrected chi connectivity index (χ1v) is 10.9. The zero-order chi connectivity index (χ0) is 24.0. The standard InChI is InChI=1S/C25H30N2O6/c1-15(28)24(16(2)29)26-13-17(12-23(30)32-3)27-25(31)33-14-22-20-10-6-4-8-18(20)19-9-5-7-11-21(19)22/h4-11,15,17,22,24,26,28H,12-14H2,1-3H3,(H,27,31)/t15?,17-,24-/m0/s1. The third kappa shape index (κ3) is 5.97. The fraction of sp³-hybridized carbons (Fsp3) is 0.400. The number of carbonyl (C=O) groups excluding carboxylic acids is 3. The van der Waals surface area contributed by atoms with Crippen molar-refractivity contribution in [3.8, 4) is 11.1 Å². The average Bonchev–Trinajstić information content (AvgIpc) is 3.11. The van der Waals surface area contributed by atoms with E-state index < -0.39 is 30.3 Å². The van der Waals surface area contributed by atoms with Crippen molar-refractivity contribution >= 4 is 17.8 Å². The highest BCUT2D eigenvalue weighted by Crippen LogP contribution is 2.44. The Bertz CT molecular complexity index is 960. The van der Waals surface area contributed by atoms with Gasteiger partial charge in [0.2, 0.25) is 0 Å². The number of aliphatic hydroxyl groups excluding tert-OH is 1. The number of rotatable bonds is 10. The Morgan fingerprint density at radius 3 is 2.12 bits per heavy atom. The highest BCUT2D eigenvalue weighted by Gasteiger charge is 2.29. The minimum Gasteiger partial charge on any atom is -0.469 e. The van der Waals surface area contributed by atoms with Gasteiger partial charge in [0.05, 0.1) is 31.7 Å². The molecular weight excluding hydrogens is 424 g/mol.